The van der Waals surface area contributed by atoms with Crippen LogP contribution in [0.25, 0.3) is 0 Å². The van der Waals surface area contributed by atoms with Crippen LogP contribution in [-0.2, 0) is 4.79 Å². The van der Waals surface area contributed by atoms with Crippen molar-refractivity contribution in [2.75, 3.05) is 23.7 Å². The number of hydrogen-bond acceptors (Lipinski definition) is 4. The minimum absolute atomic E-state index is 0.0169. The molecule has 2 aromatic rings. The molecule has 2 bridgehead atoms. The van der Waals surface area contributed by atoms with Gasteiger partial charge in [-0.2, -0.15) is 0 Å². The molecular weight excluding hydrogens is 330 g/mol. The van der Waals surface area contributed by atoms with E-state index in [1.54, 1.807) is 37.3 Å². The predicted molar refractivity (Wildman–Crippen MR) is 99.2 cm³/mol. The van der Waals surface area contributed by atoms with Gasteiger partial charge in [-0.05, 0) is 62.4 Å². The minimum Gasteiger partial charge on any atom is -0.469 e. The Morgan fingerprint density at radius 1 is 1.15 bits per heavy atom. The zero-order valence-electron chi connectivity index (χ0n) is 14.8. The maximum absolute atomic E-state index is 12.3. The van der Waals surface area contributed by atoms with Crippen LogP contribution in [0, 0.1) is 12.8 Å². The Morgan fingerprint density at radius 2 is 1.88 bits per heavy atom. The van der Waals surface area contributed by atoms with Crippen LogP contribution >= 0.6 is 0 Å². The zero-order chi connectivity index (χ0) is 18.1. The first-order valence-electron chi connectivity index (χ1n) is 9.07. The van der Waals surface area contributed by atoms with E-state index in [0.717, 1.165) is 18.2 Å². The van der Waals surface area contributed by atoms with Crippen LogP contribution in [0.3, 0.4) is 0 Å². The molecule has 0 radical (unpaired) electrons. The molecule has 1 saturated carbocycles. The van der Waals surface area contributed by atoms with Gasteiger partial charge in [-0.15, -0.1) is 0 Å². The number of benzene rings is 1. The third-order valence-electron chi connectivity index (χ3n) is 5.29. The molecule has 4 rings (SSSR count). The Kier molecular flexibility index (Phi) is 4.51. The van der Waals surface area contributed by atoms with Gasteiger partial charge in [-0.1, -0.05) is 0 Å². The number of hydrogen-bond donors (Lipinski definition) is 2. The van der Waals surface area contributed by atoms with Crippen molar-refractivity contribution in [1.29, 1.82) is 0 Å². The fraction of sp³-hybridized carbons (Fsp3) is 0.400. The highest BCUT2D eigenvalue weighted by atomic mass is 16.3. The van der Waals surface area contributed by atoms with Crippen molar-refractivity contribution in [2.24, 2.45) is 5.92 Å². The second-order valence-electron chi connectivity index (χ2n) is 7.29. The van der Waals surface area contributed by atoms with Gasteiger partial charge in [0.05, 0.1) is 12.1 Å². The highest BCUT2D eigenvalue weighted by molar-refractivity contribution is 6.04. The minimum atomic E-state index is -0.220. The summed E-state index contributed by atoms with van der Waals surface area (Å²) in [6.07, 6.45) is 5.22. The summed E-state index contributed by atoms with van der Waals surface area (Å²) in [6, 6.07) is 9.43. The summed E-state index contributed by atoms with van der Waals surface area (Å²) >= 11 is 0. The average molecular weight is 353 g/mol. The molecule has 6 nitrogen and oxygen atoms in total. The first kappa shape index (κ1) is 16.8. The van der Waals surface area contributed by atoms with Crippen LogP contribution in [0.15, 0.2) is 41.0 Å². The van der Waals surface area contributed by atoms with E-state index in [0.29, 0.717) is 29.6 Å². The van der Waals surface area contributed by atoms with Gasteiger partial charge in [-0.25, -0.2) is 0 Å². The van der Waals surface area contributed by atoms with Gasteiger partial charge >= 0.3 is 0 Å². The Morgan fingerprint density at radius 3 is 2.46 bits per heavy atom. The SMILES string of the molecule is Cc1cc(C(=O)Nc2ccc(NC(=O)CN3C[C@H]4CC[C@H]3C4)cc2)co1. The molecule has 0 unspecified atom stereocenters. The third kappa shape index (κ3) is 3.65. The van der Waals surface area contributed by atoms with E-state index in [4.69, 9.17) is 4.42 Å². The molecule has 2 aliphatic rings. The molecule has 136 valence electrons. The van der Waals surface area contributed by atoms with Crippen molar-refractivity contribution < 1.29 is 14.0 Å². The standard InChI is InChI=1S/C20H23N3O3/c1-13-8-15(12-26-13)20(25)22-17-5-3-16(4-6-17)21-19(24)11-23-10-14-2-7-18(23)9-14/h3-6,8,12,14,18H,2,7,9-11H2,1H3,(H,21,24)(H,22,25)/t14-,18-/m0/s1. The van der Waals surface area contributed by atoms with E-state index in [2.05, 4.69) is 15.5 Å². The Balaban J connectivity index is 1.30. The molecule has 1 aliphatic carbocycles. The van der Waals surface area contributed by atoms with Gasteiger partial charge in [0.15, 0.2) is 0 Å². The number of fused-ring (bicyclic) bond motifs is 2. The fourth-order valence-corrected chi connectivity index (χ4v) is 4.01. The van der Waals surface area contributed by atoms with Crippen LogP contribution < -0.4 is 10.6 Å². The number of nitrogens with zero attached hydrogens (tertiary/aromatic N) is 1. The van der Waals surface area contributed by atoms with Gasteiger partial charge in [0.25, 0.3) is 5.91 Å². The van der Waals surface area contributed by atoms with Crippen molar-refractivity contribution in [2.45, 2.75) is 32.2 Å². The molecule has 0 spiro atoms. The van der Waals surface area contributed by atoms with Gasteiger partial charge in [0.1, 0.15) is 12.0 Å². The lowest BCUT2D eigenvalue weighted by Crippen LogP contribution is -2.38. The second kappa shape index (κ2) is 6.96. The molecule has 2 heterocycles. The number of aryl methyl sites for hydroxylation is 1. The third-order valence-corrected chi connectivity index (χ3v) is 5.29. The predicted octanol–water partition coefficient (Wildman–Crippen LogP) is 3.26. The van der Waals surface area contributed by atoms with Crippen molar-refractivity contribution in [3.63, 3.8) is 0 Å². The summed E-state index contributed by atoms with van der Waals surface area (Å²) in [5.74, 6) is 1.28. The molecule has 26 heavy (non-hydrogen) atoms. The summed E-state index contributed by atoms with van der Waals surface area (Å²) in [7, 11) is 0. The normalized spacial score (nSPS) is 21.7. The molecule has 6 heteroatoms. The number of amides is 2. The molecule has 2 N–H and O–H groups in total. The molecule has 2 atom stereocenters. The monoisotopic (exact) mass is 353 g/mol. The van der Waals surface area contributed by atoms with Crippen molar-refractivity contribution in [1.82, 2.24) is 4.90 Å². The van der Waals surface area contributed by atoms with Gasteiger partial charge in [-0.3, -0.25) is 14.5 Å². The number of anilines is 2. The molecule has 1 aliphatic heterocycles. The number of likely N-dealkylation sites (tertiary alicyclic amines) is 1. The van der Waals surface area contributed by atoms with Gasteiger partial charge in [0, 0.05) is 24.0 Å². The van der Waals surface area contributed by atoms with Gasteiger partial charge < -0.3 is 15.1 Å². The van der Waals surface area contributed by atoms with Crippen LogP contribution in [0.1, 0.15) is 35.4 Å². The first-order chi connectivity index (χ1) is 12.6. The lowest BCUT2D eigenvalue weighted by atomic mass is 10.1. The van der Waals surface area contributed by atoms with Crippen LogP contribution in [-0.4, -0.2) is 35.8 Å². The largest absolute Gasteiger partial charge is 0.469 e. The molecule has 2 amide bonds. The van der Waals surface area contributed by atoms with E-state index in [9.17, 15) is 9.59 Å². The van der Waals surface area contributed by atoms with E-state index < -0.39 is 0 Å². The quantitative estimate of drug-likeness (QED) is 0.865. The zero-order valence-corrected chi connectivity index (χ0v) is 14.8. The Hall–Kier alpha value is -2.60. The number of piperidine rings is 1. The van der Waals surface area contributed by atoms with Crippen molar-refractivity contribution in [3.05, 3.63) is 47.9 Å². The van der Waals surface area contributed by atoms with Crippen LogP contribution in [0.4, 0.5) is 11.4 Å². The molecule has 1 aromatic carbocycles. The topological polar surface area (TPSA) is 74.6 Å². The second-order valence-corrected chi connectivity index (χ2v) is 7.29. The first-order valence-corrected chi connectivity index (χ1v) is 9.07. The van der Waals surface area contributed by atoms with Crippen LogP contribution in [0.5, 0.6) is 0 Å². The van der Waals surface area contributed by atoms with Gasteiger partial charge in [0.2, 0.25) is 5.91 Å². The molecular formula is C20H23N3O3. The summed E-state index contributed by atoms with van der Waals surface area (Å²) in [5, 5.41) is 5.74. The maximum Gasteiger partial charge on any atom is 0.258 e. The number of nitrogens with one attached hydrogen (secondary N) is 2. The van der Waals surface area contributed by atoms with Crippen LogP contribution in [0.2, 0.25) is 0 Å². The lowest BCUT2D eigenvalue weighted by molar-refractivity contribution is -0.117. The summed E-state index contributed by atoms with van der Waals surface area (Å²) in [5.41, 5.74) is 1.89. The summed E-state index contributed by atoms with van der Waals surface area (Å²) in [4.78, 5) is 26.7. The van der Waals surface area contributed by atoms with E-state index in [-0.39, 0.29) is 11.8 Å². The number of furan rings is 1. The van der Waals surface area contributed by atoms with Crippen molar-refractivity contribution >= 4 is 23.2 Å². The van der Waals surface area contributed by atoms with E-state index in [1.165, 1.54) is 25.5 Å². The number of carbonyl (C=O) groups is 2. The molecule has 1 saturated heterocycles. The fourth-order valence-electron chi connectivity index (χ4n) is 4.01. The van der Waals surface area contributed by atoms with Crippen molar-refractivity contribution in [3.8, 4) is 0 Å². The lowest BCUT2D eigenvalue weighted by Gasteiger charge is -2.25. The van der Waals surface area contributed by atoms with E-state index >= 15 is 0 Å². The summed E-state index contributed by atoms with van der Waals surface area (Å²) in [6.45, 7) is 3.30. The highest BCUT2D eigenvalue weighted by Crippen LogP contribution is 2.36. The van der Waals surface area contributed by atoms with E-state index in [1.807, 2.05) is 0 Å². The number of carbonyl (C=O) groups excluding carboxylic acids is 2. The number of rotatable bonds is 5. The molecule has 2 fully saturated rings. The highest BCUT2D eigenvalue weighted by Gasteiger charge is 2.38. The average Bonchev–Trinajstić information content (AvgIpc) is 3.33. The molecule has 1 aromatic heterocycles. The Labute approximate surface area is 152 Å². The maximum atomic E-state index is 12.3. The smallest absolute Gasteiger partial charge is 0.258 e. The summed E-state index contributed by atoms with van der Waals surface area (Å²) < 4.78 is 5.15. The Bertz CT molecular complexity index is 812.